The highest BCUT2D eigenvalue weighted by Crippen LogP contribution is 2.20. The van der Waals surface area contributed by atoms with Crippen molar-refractivity contribution in [3.63, 3.8) is 0 Å². The first-order chi connectivity index (χ1) is 9.69. The average molecular weight is 290 g/mol. The summed E-state index contributed by atoms with van der Waals surface area (Å²) in [5.74, 6) is 6.11. The Labute approximate surface area is 121 Å². The van der Waals surface area contributed by atoms with Gasteiger partial charge in [-0.2, -0.15) is 0 Å². The molecule has 1 aromatic heterocycles. The summed E-state index contributed by atoms with van der Waals surface area (Å²) in [7, 11) is 0. The van der Waals surface area contributed by atoms with Crippen molar-refractivity contribution >= 4 is 11.3 Å². The van der Waals surface area contributed by atoms with Crippen LogP contribution in [0.15, 0.2) is 30.3 Å². The molecular weight excluding hydrogens is 275 g/mol. The zero-order valence-corrected chi connectivity index (χ0v) is 12.0. The number of aliphatic hydroxyl groups is 1. The monoisotopic (exact) mass is 290 g/mol. The third-order valence-corrected chi connectivity index (χ3v) is 3.61. The van der Waals surface area contributed by atoms with Gasteiger partial charge in [0.1, 0.15) is 18.2 Å². The van der Waals surface area contributed by atoms with Gasteiger partial charge in [0, 0.05) is 17.4 Å². The Morgan fingerprint density at radius 2 is 2.15 bits per heavy atom. The zero-order valence-electron chi connectivity index (χ0n) is 11.1. The third kappa shape index (κ3) is 4.09. The van der Waals surface area contributed by atoms with Gasteiger partial charge in [0.05, 0.1) is 11.5 Å². The maximum absolute atomic E-state index is 13.4. The summed E-state index contributed by atoms with van der Waals surface area (Å²) in [6.45, 7) is 2.19. The van der Waals surface area contributed by atoms with Crippen LogP contribution in [0.4, 0.5) is 4.39 Å². The van der Waals surface area contributed by atoms with Crippen molar-refractivity contribution in [2.45, 2.75) is 20.0 Å². The predicted molar refractivity (Wildman–Crippen MR) is 78.4 cm³/mol. The Balaban J connectivity index is 1.94. The van der Waals surface area contributed by atoms with Crippen molar-refractivity contribution in [3.05, 3.63) is 51.5 Å². The van der Waals surface area contributed by atoms with Crippen molar-refractivity contribution in [1.29, 1.82) is 0 Å². The highest BCUT2D eigenvalue weighted by atomic mass is 32.1. The molecule has 2 rings (SSSR count). The summed E-state index contributed by atoms with van der Waals surface area (Å²) in [5.41, 5.74) is 0.606. The fraction of sp³-hybridized carbons (Fsp3) is 0.250. The van der Waals surface area contributed by atoms with E-state index in [1.54, 1.807) is 19.1 Å². The lowest BCUT2D eigenvalue weighted by Crippen LogP contribution is -1.93. The van der Waals surface area contributed by atoms with Crippen LogP contribution in [0.2, 0.25) is 0 Å². The molecular formula is C16H15FO2S. The number of thiophene rings is 1. The molecule has 0 fully saturated rings. The van der Waals surface area contributed by atoms with E-state index in [-0.39, 0.29) is 12.4 Å². The largest absolute Gasteiger partial charge is 0.488 e. The van der Waals surface area contributed by atoms with E-state index in [2.05, 4.69) is 11.8 Å². The van der Waals surface area contributed by atoms with Gasteiger partial charge in [-0.1, -0.05) is 17.9 Å². The van der Waals surface area contributed by atoms with E-state index < -0.39 is 0 Å². The highest BCUT2D eigenvalue weighted by Gasteiger charge is 2.02. The maximum atomic E-state index is 13.4. The molecule has 0 saturated heterocycles. The van der Waals surface area contributed by atoms with Gasteiger partial charge in [0.2, 0.25) is 0 Å². The number of rotatable bonds is 4. The van der Waals surface area contributed by atoms with E-state index in [9.17, 15) is 4.39 Å². The number of halogens is 1. The topological polar surface area (TPSA) is 29.5 Å². The predicted octanol–water partition coefficient (Wildman–Crippen LogP) is 3.51. The lowest BCUT2D eigenvalue weighted by molar-refractivity contribution is 0.305. The number of hydrogen-bond acceptors (Lipinski definition) is 3. The molecule has 1 N–H and O–H groups in total. The summed E-state index contributed by atoms with van der Waals surface area (Å²) in [5, 5.41) is 8.65. The molecule has 0 amide bonds. The fourth-order valence-corrected chi connectivity index (χ4v) is 2.34. The van der Waals surface area contributed by atoms with Crippen molar-refractivity contribution in [3.8, 4) is 17.6 Å². The number of benzene rings is 1. The molecule has 2 nitrogen and oxygen atoms in total. The minimum atomic E-state index is -0.260. The molecule has 2 aromatic rings. The normalized spacial score (nSPS) is 9.95. The van der Waals surface area contributed by atoms with Gasteiger partial charge in [-0.3, -0.25) is 0 Å². The Kier molecular flexibility index (Phi) is 5.16. The van der Waals surface area contributed by atoms with Crippen LogP contribution in [0.5, 0.6) is 5.75 Å². The smallest absolute Gasteiger partial charge is 0.129 e. The molecule has 0 unspecified atom stereocenters. The van der Waals surface area contributed by atoms with Gasteiger partial charge in [-0.15, -0.1) is 11.3 Å². The highest BCUT2D eigenvalue weighted by molar-refractivity contribution is 7.12. The standard InChI is InChI=1S/C16H15FO2S/c1-12-5-6-13(10-16(12)17)19-11-15-8-7-14(20-15)4-2-3-9-18/h5-8,10,18H,3,9,11H2,1H3. The molecule has 0 aliphatic heterocycles. The minimum absolute atomic E-state index is 0.0767. The SMILES string of the molecule is Cc1ccc(OCc2ccc(C#CCCO)s2)cc1F. The van der Waals surface area contributed by atoms with Crippen LogP contribution < -0.4 is 4.74 Å². The van der Waals surface area contributed by atoms with Crippen LogP contribution in [0, 0.1) is 24.6 Å². The average Bonchev–Trinajstić information content (AvgIpc) is 2.88. The zero-order chi connectivity index (χ0) is 14.4. The second-order valence-corrected chi connectivity index (χ2v) is 5.41. The fourth-order valence-electron chi connectivity index (χ4n) is 1.55. The lowest BCUT2D eigenvalue weighted by atomic mass is 10.2. The van der Waals surface area contributed by atoms with Crippen LogP contribution in [0.3, 0.4) is 0 Å². The summed E-state index contributed by atoms with van der Waals surface area (Å²) >= 11 is 1.54. The second-order valence-electron chi connectivity index (χ2n) is 4.24. The van der Waals surface area contributed by atoms with Crippen LogP contribution in [-0.2, 0) is 6.61 Å². The molecule has 4 heteroatoms. The number of hydrogen-bond donors (Lipinski definition) is 1. The molecule has 104 valence electrons. The molecule has 1 aromatic carbocycles. The van der Waals surface area contributed by atoms with Crippen LogP contribution in [-0.4, -0.2) is 11.7 Å². The lowest BCUT2D eigenvalue weighted by Gasteiger charge is -2.05. The molecule has 0 saturated carbocycles. The maximum Gasteiger partial charge on any atom is 0.129 e. The first-order valence-electron chi connectivity index (χ1n) is 6.26. The Bertz CT molecular complexity index is 637. The van der Waals surface area contributed by atoms with Gasteiger partial charge in [0.15, 0.2) is 0 Å². The number of ether oxygens (including phenoxy) is 1. The van der Waals surface area contributed by atoms with Crippen LogP contribution in [0.1, 0.15) is 21.7 Å². The van der Waals surface area contributed by atoms with Crippen molar-refractivity contribution in [2.24, 2.45) is 0 Å². The Morgan fingerprint density at radius 3 is 2.90 bits per heavy atom. The third-order valence-electron chi connectivity index (χ3n) is 2.63. The van der Waals surface area contributed by atoms with E-state index >= 15 is 0 Å². The van der Waals surface area contributed by atoms with Crippen LogP contribution >= 0.6 is 11.3 Å². The molecule has 20 heavy (non-hydrogen) atoms. The van der Waals surface area contributed by atoms with Gasteiger partial charge >= 0.3 is 0 Å². The molecule has 1 heterocycles. The quantitative estimate of drug-likeness (QED) is 0.873. The summed E-state index contributed by atoms with van der Waals surface area (Å²) in [4.78, 5) is 1.96. The van der Waals surface area contributed by atoms with Crippen molar-refractivity contribution in [2.75, 3.05) is 6.61 Å². The van der Waals surface area contributed by atoms with Gasteiger partial charge in [-0.25, -0.2) is 4.39 Å². The molecule has 0 aliphatic rings. The van der Waals surface area contributed by atoms with E-state index in [0.717, 1.165) is 9.75 Å². The minimum Gasteiger partial charge on any atom is -0.488 e. The van der Waals surface area contributed by atoms with E-state index in [0.29, 0.717) is 24.3 Å². The number of aryl methyl sites for hydroxylation is 1. The van der Waals surface area contributed by atoms with Crippen molar-refractivity contribution < 1.29 is 14.2 Å². The molecule has 0 spiro atoms. The molecule has 0 aliphatic carbocycles. The Morgan fingerprint density at radius 1 is 1.30 bits per heavy atom. The van der Waals surface area contributed by atoms with E-state index in [1.165, 1.54) is 17.4 Å². The van der Waals surface area contributed by atoms with E-state index in [1.807, 2.05) is 12.1 Å². The molecule has 0 radical (unpaired) electrons. The van der Waals surface area contributed by atoms with Gasteiger partial charge in [-0.05, 0) is 30.7 Å². The summed E-state index contributed by atoms with van der Waals surface area (Å²) in [6, 6.07) is 8.71. The second kappa shape index (κ2) is 7.09. The summed E-state index contributed by atoms with van der Waals surface area (Å²) in [6.07, 6.45) is 0.479. The van der Waals surface area contributed by atoms with Gasteiger partial charge < -0.3 is 9.84 Å². The van der Waals surface area contributed by atoms with Gasteiger partial charge in [0.25, 0.3) is 0 Å². The van der Waals surface area contributed by atoms with Crippen LogP contribution in [0.25, 0.3) is 0 Å². The Hall–Kier alpha value is -1.83. The molecule has 0 bridgehead atoms. The first kappa shape index (κ1) is 14.6. The number of aliphatic hydroxyl groups excluding tert-OH is 1. The first-order valence-corrected chi connectivity index (χ1v) is 7.08. The molecule has 0 atom stereocenters. The van der Waals surface area contributed by atoms with E-state index in [4.69, 9.17) is 9.84 Å². The van der Waals surface area contributed by atoms with Crippen molar-refractivity contribution in [1.82, 2.24) is 0 Å². The summed E-state index contributed by atoms with van der Waals surface area (Å²) < 4.78 is 18.9.